The number of nitrogen functional groups attached to an aromatic ring is 1. The van der Waals surface area contributed by atoms with Gasteiger partial charge in [-0.1, -0.05) is 6.07 Å². The molecule has 0 aliphatic rings. The molecule has 0 aliphatic carbocycles. The molecule has 3 nitrogen and oxygen atoms in total. The standard InChI is InChI=1S/C12H16FN3/c1-9(2)16(8-4-7-14)11-6-3-5-10(13)12(11)15/h3,5-6,9H,4,8,15H2,1-2H3. The van der Waals surface area contributed by atoms with Gasteiger partial charge in [-0.05, 0) is 26.0 Å². The normalized spacial score (nSPS) is 10.2. The molecule has 0 saturated carbocycles. The summed E-state index contributed by atoms with van der Waals surface area (Å²) in [7, 11) is 0. The molecule has 0 aliphatic heterocycles. The van der Waals surface area contributed by atoms with E-state index in [0.29, 0.717) is 18.7 Å². The van der Waals surface area contributed by atoms with Gasteiger partial charge in [0, 0.05) is 12.6 Å². The van der Waals surface area contributed by atoms with Crippen molar-refractivity contribution in [2.75, 3.05) is 17.2 Å². The molecular formula is C12H16FN3. The quantitative estimate of drug-likeness (QED) is 0.795. The zero-order valence-corrected chi connectivity index (χ0v) is 9.57. The van der Waals surface area contributed by atoms with Gasteiger partial charge in [0.15, 0.2) is 0 Å². The van der Waals surface area contributed by atoms with Crippen molar-refractivity contribution in [3.63, 3.8) is 0 Å². The summed E-state index contributed by atoms with van der Waals surface area (Å²) in [6.45, 7) is 4.53. The monoisotopic (exact) mass is 221 g/mol. The third-order valence-corrected chi connectivity index (χ3v) is 2.43. The van der Waals surface area contributed by atoms with E-state index in [2.05, 4.69) is 6.07 Å². The minimum Gasteiger partial charge on any atom is -0.395 e. The lowest BCUT2D eigenvalue weighted by atomic mass is 10.2. The van der Waals surface area contributed by atoms with Crippen molar-refractivity contribution >= 4 is 11.4 Å². The maximum atomic E-state index is 13.3. The van der Waals surface area contributed by atoms with E-state index in [0.717, 1.165) is 0 Å². The first-order valence-corrected chi connectivity index (χ1v) is 5.25. The number of nitriles is 1. The van der Waals surface area contributed by atoms with Crippen LogP contribution < -0.4 is 10.6 Å². The Labute approximate surface area is 95.3 Å². The summed E-state index contributed by atoms with van der Waals surface area (Å²) in [5, 5.41) is 8.59. The zero-order valence-electron chi connectivity index (χ0n) is 9.57. The first-order chi connectivity index (χ1) is 7.57. The van der Waals surface area contributed by atoms with Crippen molar-refractivity contribution in [2.45, 2.75) is 26.3 Å². The molecule has 0 amide bonds. The highest BCUT2D eigenvalue weighted by molar-refractivity contribution is 5.68. The van der Waals surface area contributed by atoms with E-state index >= 15 is 0 Å². The van der Waals surface area contributed by atoms with E-state index in [1.165, 1.54) is 6.07 Å². The number of rotatable bonds is 4. The predicted octanol–water partition coefficient (Wildman–Crippen LogP) is 2.54. The van der Waals surface area contributed by atoms with Crippen molar-refractivity contribution < 1.29 is 4.39 Å². The number of nitrogens with two attached hydrogens (primary N) is 1. The fraction of sp³-hybridized carbons (Fsp3) is 0.417. The number of hydrogen-bond donors (Lipinski definition) is 1. The summed E-state index contributed by atoms with van der Waals surface area (Å²) in [5.41, 5.74) is 6.50. The average Bonchev–Trinajstić information content (AvgIpc) is 2.24. The third kappa shape index (κ3) is 2.63. The molecule has 0 saturated heterocycles. The molecule has 2 N–H and O–H groups in total. The number of benzene rings is 1. The highest BCUT2D eigenvalue weighted by Gasteiger charge is 2.14. The van der Waals surface area contributed by atoms with Crippen LogP contribution in [-0.4, -0.2) is 12.6 Å². The van der Waals surface area contributed by atoms with E-state index in [4.69, 9.17) is 11.0 Å². The Kier molecular flexibility index (Phi) is 4.12. The second kappa shape index (κ2) is 5.36. The van der Waals surface area contributed by atoms with Crippen LogP contribution in [0.15, 0.2) is 18.2 Å². The first kappa shape index (κ1) is 12.3. The number of nitrogens with zero attached hydrogens (tertiary/aromatic N) is 2. The summed E-state index contributed by atoms with van der Waals surface area (Å²) < 4.78 is 13.3. The second-order valence-electron chi connectivity index (χ2n) is 3.87. The molecule has 0 atom stereocenters. The van der Waals surface area contributed by atoms with Crippen molar-refractivity contribution in [1.82, 2.24) is 0 Å². The Balaban J connectivity index is 3.02. The van der Waals surface area contributed by atoms with Crippen molar-refractivity contribution in [3.05, 3.63) is 24.0 Å². The molecule has 0 unspecified atom stereocenters. The minimum atomic E-state index is -0.417. The number of hydrogen-bond acceptors (Lipinski definition) is 3. The molecule has 0 heterocycles. The number of para-hydroxylation sites is 1. The molecule has 1 aromatic rings. The third-order valence-electron chi connectivity index (χ3n) is 2.43. The van der Waals surface area contributed by atoms with Crippen molar-refractivity contribution in [1.29, 1.82) is 5.26 Å². The van der Waals surface area contributed by atoms with E-state index < -0.39 is 5.82 Å². The molecule has 1 aromatic carbocycles. The molecule has 0 aromatic heterocycles. The lowest BCUT2D eigenvalue weighted by molar-refractivity contribution is 0.628. The summed E-state index contributed by atoms with van der Waals surface area (Å²) in [4.78, 5) is 1.93. The van der Waals surface area contributed by atoms with Crippen molar-refractivity contribution in [3.8, 4) is 6.07 Å². The average molecular weight is 221 g/mol. The van der Waals surface area contributed by atoms with Crippen LogP contribution in [-0.2, 0) is 0 Å². The van der Waals surface area contributed by atoms with Gasteiger partial charge >= 0.3 is 0 Å². The van der Waals surface area contributed by atoms with Gasteiger partial charge in [-0.2, -0.15) is 5.26 Å². The summed E-state index contributed by atoms with van der Waals surface area (Å²) >= 11 is 0. The lowest BCUT2D eigenvalue weighted by Crippen LogP contribution is -2.32. The minimum absolute atomic E-state index is 0.147. The summed E-state index contributed by atoms with van der Waals surface area (Å²) in [6.07, 6.45) is 0.397. The molecule has 1 rings (SSSR count). The van der Waals surface area contributed by atoms with E-state index in [-0.39, 0.29) is 11.7 Å². The Morgan fingerprint density at radius 1 is 1.50 bits per heavy atom. The topological polar surface area (TPSA) is 53.0 Å². The van der Waals surface area contributed by atoms with E-state index in [1.54, 1.807) is 12.1 Å². The molecule has 86 valence electrons. The maximum absolute atomic E-state index is 13.3. The molecule has 4 heteroatoms. The van der Waals surface area contributed by atoms with Gasteiger partial charge in [-0.3, -0.25) is 0 Å². The Hall–Kier alpha value is -1.76. The highest BCUT2D eigenvalue weighted by Crippen LogP contribution is 2.27. The fourth-order valence-corrected chi connectivity index (χ4v) is 1.60. The first-order valence-electron chi connectivity index (χ1n) is 5.25. The zero-order chi connectivity index (χ0) is 12.1. The van der Waals surface area contributed by atoms with E-state index in [1.807, 2.05) is 18.7 Å². The van der Waals surface area contributed by atoms with Crippen LogP contribution in [0.25, 0.3) is 0 Å². The molecule has 0 radical (unpaired) electrons. The Bertz CT molecular complexity index is 396. The van der Waals surface area contributed by atoms with Gasteiger partial charge in [0.2, 0.25) is 0 Å². The van der Waals surface area contributed by atoms with Crippen LogP contribution in [0.1, 0.15) is 20.3 Å². The maximum Gasteiger partial charge on any atom is 0.148 e. The number of halogens is 1. The van der Waals surface area contributed by atoms with Gasteiger partial charge in [0.1, 0.15) is 5.82 Å². The lowest BCUT2D eigenvalue weighted by Gasteiger charge is -2.29. The molecule has 0 spiro atoms. The Morgan fingerprint density at radius 2 is 2.19 bits per heavy atom. The van der Waals surface area contributed by atoms with Crippen molar-refractivity contribution in [2.24, 2.45) is 0 Å². The predicted molar refractivity (Wildman–Crippen MR) is 63.5 cm³/mol. The largest absolute Gasteiger partial charge is 0.395 e. The SMILES string of the molecule is CC(C)N(CCC#N)c1cccc(F)c1N. The van der Waals surface area contributed by atoms with Gasteiger partial charge in [0.25, 0.3) is 0 Å². The van der Waals surface area contributed by atoms with Crippen LogP contribution in [0.2, 0.25) is 0 Å². The molecule has 0 fully saturated rings. The van der Waals surface area contributed by atoms with Crippen LogP contribution in [0.3, 0.4) is 0 Å². The van der Waals surface area contributed by atoms with Crippen LogP contribution in [0.5, 0.6) is 0 Å². The fourth-order valence-electron chi connectivity index (χ4n) is 1.60. The van der Waals surface area contributed by atoms with Crippen LogP contribution >= 0.6 is 0 Å². The molecular weight excluding hydrogens is 205 g/mol. The second-order valence-corrected chi connectivity index (χ2v) is 3.87. The van der Waals surface area contributed by atoms with Gasteiger partial charge in [-0.25, -0.2) is 4.39 Å². The van der Waals surface area contributed by atoms with Gasteiger partial charge in [0.05, 0.1) is 23.9 Å². The highest BCUT2D eigenvalue weighted by atomic mass is 19.1. The Morgan fingerprint density at radius 3 is 2.75 bits per heavy atom. The number of anilines is 2. The molecule has 16 heavy (non-hydrogen) atoms. The summed E-state index contributed by atoms with van der Waals surface area (Å²) in [6, 6.07) is 7.00. The smallest absolute Gasteiger partial charge is 0.148 e. The van der Waals surface area contributed by atoms with Crippen LogP contribution in [0, 0.1) is 17.1 Å². The summed E-state index contributed by atoms with van der Waals surface area (Å²) in [5.74, 6) is -0.417. The van der Waals surface area contributed by atoms with E-state index in [9.17, 15) is 4.39 Å². The molecule has 0 bridgehead atoms. The van der Waals surface area contributed by atoms with Crippen LogP contribution in [0.4, 0.5) is 15.8 Å². The van der Waals surface area contributed by atoms with Gasteiger partial charge in [-0.15, -0.1) is 0 Å². The van der Waals surface area contributed by atoms with Gasteiger partial charge < -0.3 is 10.6 Å².